The van der Waals surface area contributed by atoms with Crippen molar-refractivity contribution in [3.8, 4) is 5.75 Å². The molecule has 0 spiro atoms. The summed E-state index contributed by atoms with van der Waals surface area (Å²) in [5, 5.41) is 9.31. The van der Waals surface area contributed by atoms with Crippen LogP contribution in [0.25, 0.3) is 0 Å². The highest BCUT2D eigenvalue weighted by atomic mass is 79.9. The predicted molar refractivity (Wildman–Crippen MR) is 75.6 cm³/mol. The number of benzene rings is 2. The molecule has 3 heteroatoms. The van der Waals surface area contributed by atoms with Crippen molar-refractivity contribution in [2.75, 3.05) is 0 Å². The van der Waals surface area contributed by atoms with Gasteiger partial charge in [0.25, 0.3) is 0 Å². The maximum absolute atomic E-state index is 9.31. The second-order valence-corrected chi connectivity index (χ2v) is 4.96. The third-order valence-corrected chi connectivity index (χ3v) is 3.57. The van der Waals surface area contributed by atoms with Gasteiger partial charge in [0, 0.05) is 15.6 Å². The lowest BCUT2D eigenvalue weighted by Crippen LogP contribution is -2.01. The maximum Gasteiger partial charge on any atom is 0.128 e. The van der Waals surface area contributed by atoms with Crippen LogP contribution in [0.15, 0.2) is 46.9 Å². The minimum absolute atomic E-state index is 0.00697. The Labute approximate surface area is 115 Å². The van der Waals surface area contributed by atoms with E-state index in [9.17, 15) is 5.11 Å². The predicted octanol–water partition coefficient (Wildman–Crippen LogP) is 3.83. The van der Waals surface area contributed by atoms with Gasteiger partial charge in [-0.2, -0.15) is 0 Å². The normalized spacial score (nSPS) is 10.4. The summed E-state index contributed by atoms with van der Waals surface area (Å²) < 4.78 is 6.87. The number of aryl methyl sites for hydroxylation is 1. The molecule has 0 amide bonds. The van der Waals surface area contributed by atoms with Crippen LogP contribution in [0.2, 0.25) is 0 Å². The molecule has 0 heterocycles. The number of aliphatic hydroxyl groups excluding tert-OH is 1. The van der Waals surface area contributed by atoms with Crippen LogP contribution in [0.4, 0.5) is 0 Å². The van der Waals surface area contributed by atoms with Crippen molar-refractivity contribution in [1.29, 1.82) is 0 Å². The molecule has 0 aliphatic carbocycles. The van der Waals surface area contributed by atoms with Gasteiger partial charge in [0.15, 0.2) is 0 Å². The monoisotopic (exact) mass is 306 g/mol. The fourth-order valence-electron chi connectivity index (χ4n) is 1.81. The van der Waals surface area contributed by atoms with Crippen LogP contribution in [-0.4, -0.2) is 5.11 Å². The zero-order chi connectivity index (χ0) is 13.0. The van der Waals surface area contributed by atoms with Crippen LogP contribution in [0, 0.1) is 6.92 Å². The summed E-state index contributed by atoms with van der Waals surface area (Å²) >= 11 is 3.49. The van der Waals surface area contributed by atoms with E-state index < -0.39 is 0 Å². The molecule has 1 N–H and O–H groups in total. The van der Waals surface area contributed by atoms with Crippen molar-refractivity contribution < 1.29 is 9.84 Å². The largest absolute Gasteiger partial charge is 0.488 e. The van der Waals surface area contributed by atoms with E-state index in [4.69, 9.17) is 4.74 Å². The smallest absolute Gasteiger partial charge is 0.128 e. The average Bonchev–Trinajstić information content (AvgIpc) is 2.39. The molecule has 0 atom stereocenters. The van der Waals surface area contributed by atoms with E-state index in [1.807, 2.05) is 49.4 Å². The minimum atomic E-state index is -0.00697. The quantitative estimate of drug-likeness (QED) is 0.930. The van der Waals surface area contributed by atoms with Gasteiger partial charge in [-0.1, -0.05) is 52.3 Å². The number of hydrogen-bond acceptors (Lipinski definition) is 2. The second kappa shape index (κ2) is 6.03. The van der Waals surface area contributed by atoms with Crippen LogP contribution in [0.1, 0.15) is 16.7 Å². The van der Waals surface area contributed by atoms with Gasteiger partial charge in [-0.05, 0) is 18.6 Å². The van der Waals surface area contributed by atoms with Crippen molar-refractivity contribution in [1.82, 2.24) is 0 Å². The average molecular weight is 307 g/mol. The van der Waals surface area contributed by atoms with E-state index in [2.05, 4.69) is 15.9 Å². The molecule has 0 aliphatic heterocycles. The Morgan fingerprint density at radius 2 is 1.78 bits per heavy atom. The topological polar surface area (TPSA) is 29.5 Å². The van der Waals surface area contributed by atoms with Crippen LogP contribution in [0.3, 0.4) is 0 Å². The molecule has 2 nitrogen and oxygen atoms in total. The summed E-state index contributed by atoms with van der Waals surface area (Å²) in [7, 11) is 0. The molecule has 2 aromatic rings. The summed E-state index contributed by atoms with van der Waals surface area (Å²) in [5.41, 5.74) is 2.94. The first kappa shape index (κ1) is 13.1. The molecular weight excluding hydrogens is 292 g/mol. The van der Waals surface area contributed by atoms with Crippen molar-refractivity contribution in [2.45, 2.75) is 20.1 Å². The highest BCUT2D eigenvalue weighted by Gasteiger charge is 2.07. The highest BCUT2D eigenvalue weighted by Crippen LogP contribution is 2.25. The van der Waals surface area contributed by atoms with Crippen molar-refractivity contribution in [2.24, 2.45) is 0 Å². The van der Waals surface area contributed by atoms with Crippen molar-refractivity contribution in [3.63, 3.8) is 0 Å². The fraction of sp³-hybridized carbons (Fsp3) is 0.200. The van der Waals surface area contributed by atoms with Gasteiger partial charge in [0.05, 0.1) is 6.61 Å². The Hall–Kier alpha value is -1.32. The highest BCUT2D eigenvalue weighted by molar-refractivity contribution is 9.10. The zero-order valence-corrected chi connectivity index (χ0v) is 11.8. The van der Waals surface area contributed by atoms with Gasteiger partial charge in [-0.25, -0.2) is 0 Å². The minimum Gasteiger partial charge on any atom is -0.488 e. The van der Waals surface area contributed by atoms with E-state index in [0.29, 0.717) is 6.61 Å². The molecule has 2 rings (SSSR count). The lowest BCUT2D eigenvalue weighted by Gasteiger charge is -2.13. The fourth-order valence-corrected chi connectivity index (χ4v) is 2.21. The molecule has 94 valence electrons. The Bertz CT molecular complexity index is 538. The van der Waals surface area contributed by atoms with Crippen LogP contribution < -0.4 is 4.74 Å². The molecule has 0 aromatic heterocycles. The van der Waals surface area contributed by atoms with E-state index in [1.165, 1.54) is 0 Å². The number of ether oxygens (including phenoxy) is 1. The Balaban J connectivity index is 2.18. The molecule has 2 aromatic carbocycles. The number of rotatable bonds is 4. The molecule has 0 fully saturated rings. The Morgan fingerprint density at radius 3 is 2.50 bits per heavy atom. The lowest BCUT2D eigenvalue weighted by molar-refractivity contribution is 0.258. The van der Waals surface area contributed by atoms with E-state index >= 15 is 0 Å². The number of para-hydroxylation sites is 1. The number of aliphatic hydroxyl groups is 1. The summed E-state index contributed by atoms with van der Waals surface area (Å²) in [6.07, 6.45) is 0. The molecule has 0 saturated heterocycles. The first-order valence-corrected chi connectivity index (χ1v) is 6.57. The maximum atomic E-state index is 9.31. The third kappa shape index (κ3) is 2.92. The molecular formula is C15H15BrO2. The number of halogens is 1. The summed E-state index contributed by atoms with van der Waals surface area (Å²) in [5.74, 6) is 0.774. The summed E-state index contributed by atoms with van der Waals surface area (Å²) in [4.78, 5) is 0. The molecule has 0 aliphatic rings. The van der Waals surface area contributed by atoms with Gasteiger partial charge < -0.3 is 9.84 Å². The second-order valence-electron chi connectivity index (χ2n) is 4.10. The summed E-state index contributed by atoms with van der Waals surface area (Å²) in [6.45, 7) is 2.46. The third-order valence-electron chi connectivity index (χ3n) is 2.79. The van der Waals surface area contributed by atoms with Crippen LogP contribution >= 0.6 is 15.9 Å². The van der Waals surface area contributed by atoms with Crippen LogP contribution in [0.5, 0.6) is 5.75 Å². The van der Waals surface area contributed by atoms with Crippen molar-refractivity contribution in [3.05, 3.63) is 63.6 Å². The van der Waals surface area contributed by atoms with Crippen LogP contribution in [-0.2, 0) is 13.2 Å². The molecule has 0 radical (unpaired) electrons. The molecule has 0 unspecified atom stereocenters. The first-order chi connectivity index (χ1) is 8.72. The van der Waals surface area contributed by atoms with Gasteiger partial charge in [-0.3, -0.25) is 0 Å². The molecule has 0 bridgehead atoms. The Morgan fingerprint density at radius 1 is 1.06 bits per heavy atom. The van der Waals surface area contributed by atoms with Gasteiger partial charge in [0.1, 0.15) is 12.4 Å². The standard InChI is InChI=1S/C15H15BrO2/c1-11-5-4-7-12(9-17)15(11)18-10-13-6-2-3-8-14(13)16/h2-8,17H,9-10H2,1H3. The molecule has 18 heavy (non-hydrogen) atoms. The lowest BCUT2D eigenvalue weighted by atomic mass is 10.1. The molecule has 0 saturated carbocycles. The van der Waals surface area contributed by atoms with E-state index in [0.717, 1.165) is 26.9 Å². The van der Waals surface area contributed by atoms with Gasteiger partial charge in [-0.15, -0.1) is 0 Å². The summed E-state index contributed by atoms with van der Waals surface area (Å²) in [6, 6.07) is 13.7. The van der Waals surface area contributed by atoms with E-state index in [-0.39, 0.29) is 6.61 Å². The zero-order valence-electron chi connectivity index (χ0n) is 10.2. The van der Waals surface area contributed by atoms with Gasteiger partial charge in [0.2, 0.25) is 0 Å². The van der Waals surface area contributed by atoms with Gasteiger partial charge >= 0.3 is 0 Å². The SMILES string of the molecule is Cc1cccc(CO)c1OCc1ccccc1Br. The van der Waals surface area contributed by atoms with Crippen molar-refractivity contribution >= 4 is 15.9 Å². The Kier molecular flexibility index (Phi) is 4.39. The number of hydrogen-bond donors (Lipinski definition) is 1. The first-order valence-electron chi connectivity index (χ1n) is 5.78. The van der Waals surface area contributed by atoms with E-state index in [1.54, 1.807) is 0 Å².